The highest BCUT2D eigenvalue weighted by Gasteiger charge is 2.41. The number of carboxylic acid groups (broad SMARTS) is 1. The number of carboxylic acids is 1. The first-order chi connectivity index (χ1) is 15.8. The number of ether oxygens (including phenoxy) is 1. The van der Waals surface area contributed by atoms with E-state index in [-0.39, 0.29) is 36.8 Å². The quantitative estimate of drug-likeness (QED) is 0.598. The predicted octanol–water partition coefficient (Wildman–Crippen LogP) is 2.09. The van der Waals surface area contributed by atoms with Crippen LogP contribution in [0.5, 0.6) is 0 Å². The van der Waals surface area contributed by atoms with Crippen LogP contribution in [0.3, 0.4) is 0 Å². The third-order valence-electron chi connectivity index (χ3n) is 5.47. The van der Waals surface area contributed by atoms with Crippen LogP contribution in [-0.2, 0) is 36.9 Å². The number of rotatable bonds is 6. The molecule has 1 aliphatic heterocycles. The third kappa shape index (κ3) is 5.30. The molecule has 0 radical (unpaired) electrons. The second-order valence-electron chi connectivity index (χ2n) is 7.66. The lowest BCUT2D eigenvalue weighted by Crippen LogP contribution is -2.58. The Bertz CT molecular complexity index is 1190. The molecule has 0 aliphatic carbocycles. The van der Waals surface area contributed by atoms with E-state index in [1.54, 1.807) is 6.92 Å². The molecule has 1 aromatic heterocycles. The van der Waals surface area contributed by atoms with E-state index in [0.29, 0.717) is 17.3 Å². The van der Waals surface area contributed by atoms with Gasteiger partial charge in [-0.05, 0) is 42.3 Å². The van der Waals surface area contributed by atoms with E-state index in [4.69, 9.17) is 9.84 Å². The molecule has 13 heteroatoms. The van der Waals surface area contributed by atoms with Gasteiger partial charge in [0.2, 0.25) is 10.0 Å². The summed E-state index contributed by atoms with van der Waals surface area (Å²) >= 11 is 0. The van der Waals surface area contributed by atoms with Crippen molar-refractivity contribution in [2.75, 3.05) is 31.6 Å². The van der Waals surface area contributed by atoms with Crippen molar-refractivity contribution in [3.8, 4) is 0 Å². The first-order valence-corrected chi connectivity index (χ1v) is 11.5. The number of halogens is 3. The topological polar surface area (TPSA) is 117 Å². The summed E-state index contributed by atoms with van der Waals surface area (Å²) in [7, 11) is -3.13. The van der Waals surface area contributed by atoms with Gasteiger partial charge in [-0.15, -0.1) is 0 Å². The van der Waals surface area contributed by atoms with Crippen LogP contribution in [0.1, 0.15) is 16.7 Å². The first-order valence-electron chi connectivity index (χ1n) is 10.0. The number of nitrogens with zero attached hydrogens (tertiary/aromatic N) is 3. The molecular formula is C21H22F3N3O6S. The fourth-order valence-electron chi connectivity index (χ4n) is 3.63. The number of aliphatic carboxylic acids is 1. The second kappa shape index (κ2) is 9.58. The van der Waals surface area contributed by atoms with E-state index in [1.165, 1.54) is 23.1 Å². The minimum Gasteiger partial charge on any atom is -0.481 e. The molecule has 1 atom stereocenters. The molecule has 0 saturated carbocycles. The van der Waals surface area contributed by atoms with Crippen LogP contribution >= 0.6 is 0 Å². The Morgan fingerprint density at radius 3 is 2.47 bits per heavy atom. The minimum absolute atomic E-state index is 0.0545. The lowest BCUT2D eigenvalue weighted by Gasteiger charge is -2.39. The number of carbonyl (C=O) groups excluding carboxylic acids is 1. The van der Waals surface area contributed by atoms with E-state index >= 15 is 0 Å². The number of hydrogen-bond acceptors (Lipinski definition) is 7. The normalized spacial score (nSPS) is 17.4. The van der Waals surface area contributed by atoms with Gasteiger partial charge in [-0.25, -0.2) is 13.4 Å². The molecule has 184 valence electrons. The summed E-state index contributed by atoms with van der Waals surface area (Å²) in [5.74, 6) is -1.82. The molecule has 0 amide bonds. The van der Waals surface area contributed by atoms with Crippen molar-refractivity contribution in [1.82, 2.24) is 9.29 Å². The number of aryl methyl sites for hydroxylation is 1. The smallest absolute Gasteiger partial charge is 0.417 e. The zero-order chi connectivity index (χ0) is 25.3. The summed E-state index contributed by atoms with van der Waals surface area (Å²) in [6.07, 6.45) is -4.26. The van der Waals surface area contributed by atoms with E-state index in [9.17, 15) is 31.2 Å². The van der Waals surface area contributed by atoms with Gasteiger partial charge in [0.1, 0.15) is 11.9 Å². The van der Waals surface area contributed by atoms with Gasteiger partial charge >= 0.3 is 18.1 Å². The van der Waals surface area contributed by atoms with Crippen molar-refractivity contribution in [2.24, 2.45) is 0 Å². The van der Waals surface area contributed by atoms with Crippen LogP contribution in [0.15, 0.2) is 41.4 Å². The van der Waals surface area contributed by atoms with Crippen LogP contribution < -0.4 is 4.90 Å². The average molecular weight is 501 g/mol. The Morgan fingerprint density at radius 2 is 1.91 bits per heavy atom. The molecule has 1 N–H and O–H groups in total. The van der Waals surface area contributed by atoms with E-state index in [0.717, 1.165) is 23.5 Å². The average Bonchev–Trinajstić information content (AvgIpc) is 2.78. The van der Waals surface area contributed by atoms with Crippen molar-refractivity contribution >= 4 is 27.8 Å². The number of carbonyl (C=O) groups is 2. The zero-order valence-electron chi connectivity index (χ0n) is 18.2. The molecule has 1 saturated heterocycles. The fourth-order valence-corrected chi connectivity index (χ4v) is 5.24. The number of esters is 1. The highest BCUT2D eigenvalue weighted by molar-refractivity contribution is 7.89. The van der Waals surface area contributed by atoms with Gasteiger partial charge in [-0.3, -0.25) is 9.59 Å². The molecule has 1 unspecified atom stereocenters. The van der Waals surface area contributed by atoms with Gasteiger partial charge in [-0.2, -0.15) is 17.5 Å². The van der Waals surface area contributed by atoms with Gasteiger partial charge in [0.25, 0.3) is 0 Å². The van der Waals surface area contributed by atoms with Gasteiger partial charge < -0.3 is 14.7 Å². The van der Waals surface area contributed by atoms with Gasteiger partial charge in [-0.1, -0.05) is 6.07 Å². The minimum atomic E-state index is -4.56. The van der Waals surface area contributed by atoms with Crippen molar-refractivity contribution in [2.45, 2.75) is 30.5 Å². The standard InChI is InChI=1S/C21H22F3N3O6S/c1-13-3-5-16(9-14(13)10-19(28)29)34(31,32)27-8-7-26(12-17(27)20(30)33-2)18-6-4-15(11-25-18)21(22,23)24/h3-6,9,11,17H,7-8,10,12H2,1-2H3,(H,28,29). The Hall–Kier alpha value is -3.19. The van der Waals surface area contributed by atoms with Gasteiger partial charge in [0.15, 0.2) is 0 Å². The molecule has 9 nitrogen and oxygen atoms in total. The summed E-state index contributed by atoms with van der Waals surface area (Å²) in [4.78, 5) is 28.7. The molecule has 1 aromatic carbocycles. The fraction of sp³-hybridized carbons (Fsp3) is 0.381. The third-order valence-corrected chi connectivity index (χ3v) is 7.38. The van der Waals surface area contributed by atoms with Crippen LogP contribution in [0.2, 0.25) is 0 Å². The molecule has 2 heterocycles. The maximum absolute atomic E-state index is 13.4. The summed E-state index contributed by atoms with van der Waals surface area (Å²) in [5, 5.41) is 9.08. The number of alkyl halides is 3. The van der Waals surface area contributed by atoms with Crippen LogP contribution in [0.25, 0.3) is 0 Å². The van der Waals surface area contributed by atoms with Crippen molar-refractivity contribution < 1.29 is 41.0 Å². The maximum Gasteiger partial charge on any atom is 0.417 e. The van der Waals surface area contributed by atoms with E-state index in [2.05, 4.69) is 4.98 Å². The van der Waals surface area contributed by atoms with Crippen LogP contribution in [0.4, 0.5) is 19.0 Å². The highest BCUT2D eigenvalue weighted by Crippen LogP contribution is 2.30. The Balaban J connectivity index is 1.91. The number of methoxy groups -OCH3 is 1. The number of hydrogen-bond donors (Lipinski definition) is 1. The molecule has 34 heavy (non-hydrogen) atoms. The Morgan fingerprint density at radius 1 is 1.21 bits per heavy atom. The summed E-state index contributed by atoms with van der Waals surface area (Å²) in [6.45, 7) is 1.34. The van der Waals surface area contributed by atoms with Gasteiger partial charge in [0, 0.05) is 25.8 Å². The lowest BCUT2D eigenvalue weighted by molar-refractivity contribution is -0.145. The number of piperazine rings is 1. The number of anilines is 1. The first kappa shape index (κ1) is 25.4. The summed E-state index contributed by atoms with van der Waals surface area (Å²) in [6, 6.07) is 4.79. The van der Waals surface area contributed by atoms with Gasteiger partial charge in [0.05, 0.1) is 24.0 Å². The number of pyridine rings is 1. The van der Waals surface area contributed by atoms with Crippen LogP contribution in [-0.4, -0.2) is 67.5 Å². The van der Waals surface area contributed by atoms with Crippen molar-refractivity contribution in [1.29, 1.82) is 0 Å². The molecule has 2 aromatic rings. The number of sulfonamides is 1. The lowest BCUT2D eigenvalue weighted by atomic mass is 10.1. The Kier molecular flexibility index (Phi) is 7.17. The predicted molar refractivity (Wildman–Crippen MR) is 114 cm³/mol. The molecule has 0 spiro atoms. The van der Waals surface area contributed by atoms with Crippen molar-refractivity contribution in [3.63, 3.8) is 0 Å². The number of benzene rings is 1. The zero-order valence-corrected chi connectivity index (χ0v) is 19.1. The molecule has 3 rings (SSSR count). The maximum atomic E-state index is 13.4. The van der Waals surface area contributed by atoms with Crippen molar-refractivity contribution in [3.05, 3.63) is 53.2 Å². The molecule has 1 fully saturated rings. The number of aromatic nitrogens is 1. The van der Waals surface area contributed by atoms with E-state index in [1.807, 2.05) is 0 Å². The SMILES string of the molecule is COC(=O)C1CN(c2ccc(C(F)(F)F)cn2)CCN1S(=O)(=O)c1ccc(C)c(CC(=O)O)c1. The monoisotopic (exact) mass is 501 g/mol. The van der Waals surface area contributed by atoms with Crippen LogP contribution in [0, 0.1) is 6.92 Å². The largest absolute Gasteiger partial charge is 0.481 e. The van der Waals surface area contributed by atoms with E-state index < -0.39 is 39.7 Å². The molecule has 0 bridgehead atoms. The summed E-state index contributed by atoms with van der Waals surface area (Å²) in [5.41, 5.74) is -0.0154. The highest BCUT2D eigenvalue weighted by atomic mass is 32.2. The second-order valence-corrected chi connectivity index (χ2v) is 9.55. The Labute approximate surface area is 193 Å². The molecular weight excluding hydrogens is 479 g/mol. The summed E-state index contributed by atoms with van der Waals surface area (Å²) < 4.78 is 70.9. The molecule has 1 aliphatic rings.